The van der Waals surface area contributed by atoms with Gasteiger partial charge in [0.15, 0.2) is 0 Å². The van der Waals surface area contributed by atoms with Gasteiger partial charge in [0.1, 0.15) is 11.9 Å². The van der Waals surface area contributed by atoms with Gasteiger partial charge in [0.2, 0.25) is 0 Å². The van der Waals surface area contributed by atoms with E-state index in [1.54, 1.807) is 6.92 Å². The molecule has 0 unspecified atom stereocenters. The first-order chi connectivity index (χ1) is 7.33. The molecule has 0 N–H and O–H groups in total. The van der Waals surface area contributed by atoms with Crippen LogP contribution in [0, 0.1) is 6.92 Å². The summed E-state index contributed by atoms with van der Waals surface area (Å²) in [5.41, 5.74) is 0.212. The molecule has 0 aliphatic rings. The van der Waals surface area contributed by atoms with Gasteiger partial charge >= 0.3 is 12.1 Å². The Kier molecular flexibility index (Phi) is 3.57. The van der Waals surface area contributed by atoms with Gasteiger partial charge in [0.25, 0.3) is 0 Å². The van der Waals surface area contributed by atoms with Crippen molar-refractivity contribution < 1.29 is 13.9 Å². The molecule has 1 heterocycles. The molecule has 0 bridgehead atoms. The molecular weight excluding hydrogens is 208 g/mol. The molecule has 0 spiro atoms. The van der Waals surface area contributed by atoms with E-state index in [0.29, 0.717) is 6.54 Å². The lowest BCUT2D eigenvalue weighted by Crippen LogP contribution is -2.36. The van der Waals surface area contributed by atoms with Crippen molar-refractivity contribution in [1.82, 2.24) is 4.98 Å². The van der Waals surface area contributed by atoms with E-state index in [4.69, 9.17) is 9.15 Å². The fraction of sp³-hybridized carbons (Fsp3) is 0.636. The van der Waals surface area contributed by atoms with Gasteiger partial charge in [0, 0.05) is 6.54 Å². The molecular formula is C11H18N2O3. The third-order valence-corrected chi connectivity index (χ3v) is 1.77. The Bertz CT molecular complexity index is 366. The summed E-state index contributed by atoms with van der Waals surface area (Å²) in [5, 5.41) is 0. The Hall–Kier alpha value is -1.52. The predicted octanol–water partition coefficient (Wildman–Crippen LogP) is 2.74. The lowest BCUT2D eigenvalue weighted by molar-refractivity contribution is 0.0575. The summed E-state index contributed by atoms with van der Waals surface area (Å²) in [6.07, 6.45) is 1.05. The third-order valence-electron chi connectivity index (χ3n) is 1.77. The van der Waals surface area contributed by atoms with Gasteiger partial charge in [0.05, 0.1) is 5.69 Å². The monoisotopic (exact) mass is 226 g/mol. The van der Waals surface area contributed by atoms with Gasteiger partial charge in [-0.1, -0.05) is 0 Å². The summed E-state index contributed by atoms with van der Waals surface area (Å²) in [6, 6.07) is 0.272. The number of ether oxygens (including phenoxy) is 1. The maximum Gasteiger partial charge on any atom is 0.418 e. The molecule has 0 saturated carbocycles. The lowest BCUT2D eigenvalue weighted by Gasteiger charge is -2.24. The topological polar surface area (TPSA) is 55.6 Å². The number of rotatable bonds is 2. The largest absolute Gasteiger partial charge is 0.443 e. The SMILES string of the molecule is CCN(C(=O)OC(C)(C)C)c1nc(C)co1. The number of anilines is 1. The zero-order chi connectivity index (χ0) is 12.3. The van der Waals surface area contributed by atoms with Gasteiger partial charge in [-0.2, -0.15) is 4.98 Å². The first-order valence-corrected chi connectivity index (χ1v) is 5.26. The van der Waals surface area contributed by atoms with Crippen LogP contribution in [0.15, 0.2) is 10.7 Å². The zero-order valence-corrected chi connectivity index (χ0v) is 10.4. The van der Waals surface area contributed by atoms with Crippen molar-refractivity contribution >= 4 is 12.1 Å². The first kappa shape index (κ1) is 12.5. The molecule has 0 aliphatic carbocycles. The fourth-order valence-corrected chi connectivity index (χ4v) is 1.13. The van der Waals surface area contributed by atoms with Gasteiger partial charge in [-0.05, 0) is 34.6 Å². The van der Waals surface area contributed by atoms with E-state index in [0.717, 1.165) is 5.69 Å². The number of hydrogen-bond donors (Lipinski definition) is 0. The average molecular weight is 226 g/mol. The second-order valence-corrected chi connectivity index (χ2v) is 4.50. The summed E-state index contributed by atoms with van der Waals surface area (Å²) in [5.74, 6) is 0. The van der Waals surface area contributed by atoms with E-state index < -0.39 is 11.7 Å². The maximum atomic E-state index is 11.8. The van der Waals surface area contributed by atoms with Gasteiger partial charge < -0.3 is 9.15 Å². The molecule has 1 aromatic rings. The Morgan fingerprint density at radius 1 is 1.56 bits per heavy atom. The molecule has 0 aromatic carbocycles. The fourth-order valence-electron chi connectivity index (χ4n) is 1.13. The van der Waals surface area contributed by atoms with Crippen LogP contribution in [0.4, 0.5) is 10.8 Å². The highest BCUT2D eigenvalue weighted by Crippen LogP contribution is 2.17. The van der Waals surface area contributed by atoms with Gasteiger partial charge in [-0.15, -0.1) is 0 Å². The van der Waals surface area contributed by atoms with Gasteiger partial charge in [-0.25, -0.2) is 9.69 Å². The van der Waals surface area contributed by atoms with Crippen molar-refractivity contribution in [3.8, 4) is 0 Å². The number of nitrogens with zero attached hydrogens (tertiary/aromatic N) is 2. The number of carbonyl (C=O) groups excluding carboxylic acids is 1. The molecule has 0 aliphatic heterocycles. The van der Waals surface area contributed by atoms with Crippen LogP contribution in [-0.2, 0) is 4.74 Å². The van der Waals surface area contributed by atoms with Crippen LogP contribution in [0.5, 0.6) is 0 Å². The molecule has 5 nitrogen and oxygen atoms in total. The minimum absolute atomic E-state index is 0.272. The molecule has 0 saturated heterocycles. The van der Waals surface area contributed by atoms with E-state index in [2.05, 4.69) is 4.98 Å². The molecule has 0 atom stereocenters. The molecule has 0 fully saturated rings. The van der Waals surface area contributed by atoms with Crippen molar-refractivity contribution in [1.29, 1.82) is 0 Å². The van der Waals surface area contributed by atoms with Crippen LogP contribution in [0.2, 0.25) is 0 Å². The summed E-state index contributed by atoms with van der Waals surface area (Å²) in [4.78, 5) is 17.3. The quantitative estimate of drug-likeness (QED) is 0.778. The lowest BCUT2D eigenvalue weighted by atomic mass is 10.2. The van der Waals surface area contributed by atoms with Gasteiger partial charge in [-0.3, -0.25) is 0 Å². The third kappa shape index (κ3) is 3.25. The van der Waals surface area contributed by atoms with E-state index in [9.17, 15) is 4.79 Å². The standard InChI is InChI=1S/C11H18N2O3/c1-6-13(9-12-8(2)7-15-9)10(14)16-11(3,4)5/h7H,6H2,1-5H3. The smallest absolute Gasteiger partial charge is 0.418 e. The van der Waals surface area contributed by atoms with Crippen LogP contribution >= 0.6 is 0 Å². The summed E-state index contributed by atoms with van der Waals surface area (Å²) in [6.45, 7) is 9.55. The minimum Gasteiger partial charge on any atom is -0.443 e. The predicted molar refractivity (Wildman–Crippen MR) is 60.5 cm³/mol. The van der Waals surface area contributed by atoms with Crippen LogP contribution in [0.25, 0.3) is 0 Å². The average Bonchev–Trinajstić information content (AvgIpc) is 2.49. The van der Waals surface area contributed by atoms with E-state index in [1.807, 2.05) is 27.7 Å². The van der Waals surface area contributed by atoms with Crippen molar-refractivity contribution in [2.45, 2.75) is 40.2 Å². The molecule has 5 heteroatoms. The van der Waals surface area contributed by atoms with E-state index >= 15 is 0 Å². The minimum atomic E-state index is -0.522. The summed E-state index contributed by atoms with van der Waals surface area (Å²) < 4.78 is 10.4. The second kappa shape index (κ2) is 4.55. The molecule has 16 heavy (non-hydrogen) atoms. The highest BCUT2D eigenvalue weighted by atomic mass is 16.6. The van der Waals surface area contributed by atoms with Crippen LogP contribution in [0.1, 0.15) is 33.4 Å². The summed E-state index contributed by atoms with van der Waals surface area (Å²) in [7, 11) is 0. The van der Waals surface area contributed by atoms with Crippen LogP contribution in [0.3, 0.4) is 0 Å². The molecule has 90 valence electrons. The number of amides is 1. The Balaban J connectivity index is 2.79. The zero-order valence-electron chi connectivity index (χ0n) is 10.4. The first-order valence-electron chi connectivity index (χ1n) is 5.26. The van der Waals surface area contributed by atoms with Crippen molar-refractivity contribution in [3.63, 3.8) is 0 Å². The number of aryl methyl sites for hydroxylation is 1. The Morgan fingerprint density at radius 2 is 2.19 bits per heavy atom. The second-order valence-electron chi connectivity index (χ2n) is 4.50. The Labute approximate surface area is 95.4 Å². The summed E-state index contributed by atoms with van der Waals surface area (Å²) >= 11 is 0. The molecule has 1 rings (SSSR count). The van der Waals surface area contributed by atoms with Crippen molar-refractivity contribution in [2.24, 2.45) is 0 Å². The highest BCUT2D eigenvalue weighted by molar-refractivity contribution is 5.85. The van der Waals surface area contributed by atoms with Crippen molar-refractivity contribution in [3.05, 3.63) is 12.0 Å². The number of carbonyl (C=O) groups is 1. The maximum absolute atomic E-state index is 11.8. The van der Waals surface area contributed by atoms with Crippen LogP contribution < -0.4 is 4.90 Å². The van der Waals surface area contributed by atoms with Crippen molar-refractivity contribution in [2.75, 3.05) is 11.4 Å². The Morgan fingerprint density at radius 3 is 2.56 bits per heavy atom. The number of hydrogen-bond acceptors (Lipinski definition) is 4. The van der Waals surface area contributed by atoms with Crippen LogP contribution in [-0.4, -0.2) is 23.2 Å². The normalized spacial score (nSPS) is 11.3. The molecule has 1 amide bonds. The number of oxazole rings is 1. The van der Waals surface area contributed by atoms with E-state index in [1.165, 1.54) is 11.2 Å². The van der Waals surface area contributed by atoms with E-state index in [-0.39, 0.29) is 6.01 Å². The number of aromatic nitrogens is 1. The molecule has 0 radical (unpaired) electrons. The highest BCUT2D eigenvalue weighted by Gasteiger charge is 2.24. The molecule has 1 aromatic heterocycles.